The van der Waals surface area contributed by atoms with E-state index in [0.717, 1.165) is 32.2 Å². The summed E-state index contributed by atoms with van der Waals surface area (Å²) < 4.78 is 5.49. The Labute approximate surface area is 105 Å². The van der Waals surface area contributed by atoms with E-state index in [-0.39, 0.29) is 0 Å². The van der Waals surface area contributed by atoms with Crippen LogP contribution in [0.15, 0.2) is 0 Å². The molecule has 2 rings (SSSR count). The lowest BCUT2D eigenvalue weighted by molar-refractivity contribution is 0.0614. The van der Waals surface area contributed by atoms with Gasteiger partial charge in [-0.15, -0.1) is 0 Å². The van der Waals surface area contributed by atoms with Crippen LogP contribution >= 0.6 is 0 Å². The third-order valence-corrected chi connectivity index (χ3v) is 3.94. The van der Waals surface area contributed by atoms with Gasteiger partial charge in [-0.2, -0.15) is 0 Å². The highest BCUT2D eigenvalue weighted by atomic mass is 16.5. The van der Waals surface area contributed by atoms with Gasteiger partial charge in [0, 0.05) is 25.7 Å². The summed E-state index contributed by atoms with van der Waals surface area (Å²) in [5, 5.41) is 3.52. The van der Waals surface area contributed by atoms with Crippen LogP contribution in [0.3, 0.4) is 0 Å². The molecule has 4 heteroatoms. The molecule has 0 bridgehead atoms. The molecule has 0 saturated carbocycles. The summed E-state index contributed by atoms with van der Waals surface area (Å²) >= 11 is 0. The number of piperidine rings is 1. The summed E-state index contributed by atoms with van der Waals surface area (Å²) in [5.41, 5.74) is 0. The Balaban J connectivity index is 1.64. The highest BCUT2D eigenvalue weighted by Crippen LogP contribution is 2.16. The van der Waals surface area contributed by atoms with Crippen molar-refractivity contribution in [2.75, 3.05) is 60.0 Å². The number of morpholine rings is 1. The van der Waals surface area contributed by atoms with Crippen molar-refractivity contribution in [1.29, 1.82) is 0 Å². The zero-order valence-corrected chi connectivity index (χ0v) is 11.3. The van der Waals surface area contributed by atoms with E-state index in [1.165, 1.54) is 32.5 Å². The van der Waals surface area contributed by atoms with Crippen molar-refractivity contribution in [2.45, 2.75) is 18.9 Å². The quantitative estimate of drug-likeness (QED) is 0.763. The van der Waals surface area contributed by atoms with Crippen LogP contribution < -0.4 is 5.32 Å². The lowest BCUT2D eigenvalue weighted by Crippen LogP contribution is -2.48. The predicted octanol–water partition coefficient (Wildman–Crippen LogP) is 0.248. The highest BCUT2D eigenvalue weighted by Gasteiger charge is 2.20. The normalized spacial score (nSPS) is 28.8. The van der Waals surface area contributed by atoms with Crippen LogP contribution in [-0.2, 0) is 4.74 Å². The number of nitrogens with one attached hydrogen (secondary N) is 1. The second kappa shape index (κ2) is 6.69. The molecule has 0 amide bonds. The van der Waals surface area contributed by atoms with Gasteiger partial charge in [-0.05, 0) is 45.9 Å². The van der Waals surface area contributed by atoms with Gasteiger partial charge in [0.15, 0.2) is 0 Å². The molecule has 1 atom stereocenters. The summed E-state index contributed by atoms with van der Waals surface area (Å²) in [6.45, 7) is 7.64. The van der Waals surface area contributed by atoms with Gasteiger partial charge < -0.3 is 19.9 Å². The summed E-state index contributed by atoms with van der Waals surface area (Å²) in [6.07, 6.45) is 2.71. The van der Waals surface area contributed by atoms with Crippen molar-refractivity contribution in [3.8, 4) is 0 Å². The Morgan fingerprint density at radius 2 is 2.06 bits per heavy atom. The fourth-order valence-corrected chi connectivity index (χ4v) is 2.87. The third kappa shape index (κ3) is 4.54. The molecule has 0 radical (unpaired) electrons. The first-order valence-electron chi connectivity index (χ1n) is 6.92. The van der Waals surface area contributed by atoms with Crippen molar-refractivity contribution in [1.82, 2.24) is 15.1 Å². The maximum atomic E-state index is 5.49. The molecule has 0 aliphatic carbocycles. The Morgan fingerprint density at radius 3 is 2.71 bits per heavy atom. The van der Waals surface area contributed by atoms with E-state index < -0.39 is 0 Å². The zero-order valence-electron chi connectivity index (χ0n) is 11.3. The molecule has 100 valence electrons. The monoisotopic (exact) mass is 241 g/mol. The van der Waals surface area contributed by atoms with Crippen LogP contribution in [0.25, 0.3) is 0 Å². The maximum absolute atomic E-state index is 5.49. The number of hydrogen-bond acceptors (Lipinski definition) is 4. The fraction of sp³-hybridized carbons (Fsp3) is 1.00. The molecule has 2 heterocycles. The molecule has 2 fully saturated rings. The molecule has 2 aliphatic rings. The van der Waals surface area contributed by atoms with E-state index in [1.807, 2.05) is 0 Å². The molecule has 0 aromatic rings. The lowest BCUT2D eigenvalue weighted by Gasteiger charge is -2.33. The van der Waals surface area contributed by atoms with Crippen LogP contribution in [0.1, 0.15) is 12.8 Å². The predicted molar refractivity (Wildman–Crippen MR) is 70.3 cm³/mol. The van der Waals surface area contributed by atoms with E-state index in [9.17, 15) is 0 Å². The Morgan fingerprint density at radius 1 is 1.29 bits per heavy atom. The van der Waals surface area contributed by atoms with Gasteiger partial charge in [0.25, 0.3) is 0 Å². The molecule has 17 heavy (non-hydrogen) atoms. The number of likely N-dealkylation sites (N-methyl/N-ethyl adjacent to an activating group) is 1. The van der Waals surface area contributed by atoms with E-state index in [2.05, 4.69) is 29.2 Å². The smallest absolute Gasteiger partial charge is 0.0632 e. The minimum Gasteiger partial charge on any atom is -0.378 e. The molecule has 4 nitrogen and oxygen atoms in total. The van der Waals surface area contributed by atoms with Gasteiger partial charge in [-0.1, -0.05) is 0 Å². The van der Waals surface area contributed by atoms with Gasteiger partial charge in [0.05, 0.1) is 13.2 Å². The Bertz CT molecular complexity index is 211. The van der Waals surface area contributed by atoms with Crippen molar-refractivity contribution in [2.24, 2.45) is 5.92 Å². The lowest BCUT2D eigenvalue weighted by atomic mass is 9.96. The Hall–Kier alpha value is -0.160. The zero-order chi connectivity index (χ0) is 12.1. The van der Waals surface area contributed by atoms with Gasteiger partial charge >= 0.3 is 0 Å². The first-order valence-corrected chi connectivity index (χ1v) is 6.92. The summed E-state index contributed by atoms with van der Waals surface area (Å²) in [5.74, 6) is 0.890. The average Bonchev–Trinajstić information content (AvgIpc) is 2.33. The van der Waals surface area contributed by atoms with Crippen molar-refractivity contribution in [3.63, 3.8) is 0 Å². The average molecular weight is 241 g/mol. The number of nitrogens with zero attached hydrogens (tertiary/aromatic N) is 2. The van der Waals surface area contributed by atoms with Crippen LogP contribution in [0.5, 0.6) is 0 Å². The fourth-order valence-electron chi connectivity index (χ4n) is 2.87. The summed E-state index contributed by atoms with van der Waals surface area (Å²) in [7, 11) is 4.47. The van der Waals surface area contributed by atoms with Gasteiger partial charge in [0.1, 0.15) is 0 Å². The molecule has 0 aromatic heterocycles. The van der Waals surface area contributed by atoms with E-state index >= 15 is 0 Å². The molecule has 1 N–H and O–H groups in total. The van der Waals surface area contributed by atoms with E-state index in [0.29, 0.717) is 6.04 Å². The number of ether oxygens (including phenoxy) is 1. The molecule has 0 spiro atoms. The first-order chi connectivity index (χ1) is 8.24. The van der Waals surface area contributed by atoms with Crippen LogP contribution in [-0.4, -0.2) is 75.9 Å². The van der Waals surface area contributed by atoms with E-state index in [4.69, 9.17) is 4.74 Å². The number of hydrogen-bond donors (Lipinski definition) is 1. The third-order valence-electron chi connectivity index (χ3n) is 3.94. The van der Waals surface area contributed by atoms with Crippen molar-refractivity contribution >= 4 is 0 Å². The SMILES string of the molecule is CN1CCC(CN(C)CC2COCCN2)CC1. The van der Waals surface area contributed by atoms with Gasteiger partial charge in [0.2, 0.25) is 0 Å². The van der Waals surface area contributed by atoms with Gasteiger partial charge in [-0.3, -0.25) is 0 Å². The summed E-state index contributed by atoms with van der Waals surface area (Å²) in [6, 6.07) is 0.528. The standard InChI is InChI=1S/C13H27N3O/c1-15-6-3-12(4-7-15)9-16(2)10-13-11-17-8-5-14-13/h12-14H,3-11H2,1-2H3. The molecular formula is C13H27N3O. The van der Waals surface area contributed by atoms with Crippen LogP contribution in [0.2, 0.25) is 0 Å². The molecule has 2 saturated heterocycles. The number of rotatable bonds is 4. The first kappa shape index (κ1) is 13.3. The highest BCUT2D eigenvalue weighted by molar-refractivity contribution is 4.77. The minimum absolute atomic E-state index is 0.528. The van der Waals surface area contributed by atoms with Gasteiger partial charge in [-0.25, -0.2) is 0 Å². The maximum Gasteiger partial charge on any atom is 0.0632 e. The molecule has 2 aliphatic heterocycles. The minimum atomic E-state index is 0.528. The molecule has 0 aromatic carbocycles. The topological polar surface area (TPSA) is 27.7 Å². The summed E-state index contributed by atoms with van der Waals surface area (Å²) in [4.78, 5) is 4.91. The van der Waals surface area contributed by atoms with Crippen LogP contribution in [0, 0.1) is 5.92 Å². The largest absolute Gasteiger partial charge is 0.378 e. The molecule has 1 unspecified atom stereocenters. The number of likely N-dealkylation sites (tertiary alicyclic amines) is 1. The molecular weight excluding hydrogens is 214 g/mol. The second-order valence-corrected chi connectivity index (χ2v) is 5.69. The van der Waals surface area contributed by atoms with Crippen LogP contribution in [0.4, 0.5) is 0 Å². The van der Waals surface area contributed by atoms with Crippen molar-refractivity contribution in [3.05, 3.63) is 0 Å². The van der Waals surface area contributed by atoms with Crippen molar-refractivity contribution < 1.29 is 4.74 Å². The second-order valence-electron chi connectivity index (χ2n) is 5.69. The Kier molecular flexibility index (Phi) is 5.22. The van der Waals surface area contributed by atoms with E-state index in [1.54, 1.807) is 0 Å².